The Morgan fingerprint density at radius 3 is 2.69 bits per heavy atom. The van der Waals surface area contributed by atoms with E-state index in [2.05, 4.69) is 9.97 Å². The van der Waals surface area contributed by atoms with Crippen molar-refractivity contribution in [3.63, 3.8) is 0 Å². The van der Waals surface area contributed by atoms with Crippen molar-refractivity contribution in [2.24, 2.45) is 0 Å². The number of imidazole rings is 1. The maximum Gasteiger partial charge on any atom is 0.172 e. The first-order valence-electron chi connectivity index (χ1n) is 8.02. The van der Waals surface area contributed by atoms with Gasteiger partial charge in [0.25, 0.3) is 0 Å². The summed E-state index contributed by atoms with van der Waals surface area (Å²) in [6.45, 7) is 3.16. The van der Waals surface area contributed by atoms with E-state index in [0.717, 1.165) is 28.8 Å². The standard InChI is InChI=1S/C18H21N3O3S.Na/c1-13-16(24-12-6-11-23-2)9-10-19-17(13)18-20-14-7-4-5-8-15(14)21(18)25(3)22;/h4-5,7-10H,6,11-12H2,1-3H3;. The van der Waals surface area contributed by atoms with Gasteiger partial charge in [-0.25, -0.2) is 13.2 Å². The van der Waals surface area contributed by atoms with Gasteiger partial charge in [-0.1, -0.05) is 12.1 Å². The summed E-state index contributed by atoms with van der Waals surface area (Å²) in [5.41, 5.74) is 3.17. The Morgan fingerprint density at radius 2 is 1.96 bits per heavy atom. The van der Waals surface area contributed by atoms with Crippen LogP contribution in [0.5, 0.6) is 5.75 Å². The van der Waals surface area contributed by atoms with Gasteiger partial charge in [-0.15, -0.1) is 0 Å². The molecule has 1 unspecified atom stereocenters. The molecule has 0 aliphatic heterocycles. The predicted octanol–water partition coefficient (Wildman–Crippen LogP) is 2.58. The van der Waals surface area contributed by atoms with Crippen molar-refractivity contribution in [1.29, 1.82) is 0 Å². The Labute approximate surface area is 177 Å². The van der Waals surface area contributed by atoms with E-state index in [1.54, 1.807) is 23.5 Å². The zero-order valence-corrected chi connectivity index (χ0v) is 18.4. The van der Waals surface area contributed by atoms with Gasteiger partial charge in [0.2, 0.25) is 0 Å². The molecule has 8 heteroatoms. The summed E-state index contributed by atoms with van der Waals surface area (Å²) >= 11 is 0. The summed E-state index contributed by atoms with van der Waals surface area (Å²) in [6.07, 6.45) is 4.14. The molecule has 0 N–H and O–H groups in total. The van der Waals surface area contributed by atoms with Gasteiger partial charge >= 0.3 is 0 Å². The summed E-state index contributed by atoms with van der Waals surface area (Å²) in [6, 6.07) is 9.47. The molecule has 0 bridgehead atoms. The molecule has 0 aliphatic rings. The second kappa shape index (κ2) is 9.62. The van der Waals surface area contributed by atoms with Gasteiger partial charge in [-0.05, 0) is 25.1 Å². The van der Waals surface area contributed by atoms with Crippen molar-refractivity contribution in [1.82, 2.24) is 13.9 Å². The van der Waals surface area contributed by atoms with E-state index in [9.17, 15) is 4.21 Å². The van der Waals surface area contributed by atoms with E-state index >= 15 is 0 Å². The first-order chi connectivity index (χ1) is 12.1. The minimum Gasteiger partial charge on any atom is -0.493 e. The smallest absolute Gasteiger partial charge is 0.172 e. The van der Waals surface area contributed by atoms with Crippen LogP contribution < -0.4 is 4.74 Å². The van der Waals surface area contributed by atoms with Gasteiger partial charge in [-0.3, -0.25) is 4.98 Å². The molecular formula is C18H21N3NaO3S. The number of fused-ring (bicyclic) bond motifs is 1. The summed E-state index contributed by atoms with van der Waals surface area (Å²) in [7, 11) is 0.421. The molecule has 0 aliphatic carbocycles. The number of pyridine rings is 1. The number of aromatic nitrogens is 3. The maximum absolute atomic E-state index is 12.3. The Morgan fingerprint density at radius 1 is 1.19 bits per heavy atom. The van der Waals surface area contributed by atoms with Crippen LogP contribution in [0.25, 0.3) is 22.6 Å². The molecule has 0 saturated heterocycles. The fraction of sp³-hybridized carbons (Fsp3) is 0.333. The van der Waals surface area contributed by atoms with Crippen LogP contribution in [0.4, 0.5) is 0 Å². The number of para-hydroxylation sites is 2. The second-order valence-electron chi connectivity index (χ2n) is 5.62. The third-order valence-corrected chi connectivity index (χ3v) is 4.78. The summed E-state index contributed by atoms with van der Waals surface area (Å²) in [4.78, 5) is 9.12. The normalized spacial score (nSPS) is 12.0. The first-order valence-corrected chi connectivity index (χ1v) is 9.54. The third kappa shape index (κ3) is 4.35. The quantitative estimate of drug-likeness (QED) is 0.464. The Hall–Kier alpha value is -1.25. The number of rotatable bonds is 7. The average Bonchev–Trinajstić information content (AvgIpc) is 2.99. The summed E-state index contributed by atoms with van der Waals surface area (Å²) < 4.78 is 24.9. The topological polar surface area (TPSA) is 66.2 Å². The van der Waals surface area contributed by atoms with E-state index in [1.807, 2.05) is 37.3 Å². The van der Waals surface area contributed by atoms with E-state index in [0.29, 0.717) is 24.7 Å². The van der Waals surface area contributed by atoms with E-state index < -0.39 is 11.0 Å². The van der Waals surface area contributed by atoms with E-state index in [1.165, 1.54) is 0 Å². The Bertz CT molecular complexity index is 914. The van der Waals surface area contributed by atoms with Crippen LogP contribution in [0.15, 0.2) is 36.5 Å². The van der Waals surface area contributed by atoms with E-state index in [-0.39, 0.29) is 29.6 Å². The number of methoxy groups -OCH3 is 1. The fourth-order valence-electron chi connectivity index (χ4n) is 2.70. The van der Waals surface area contributed by atoms with Crippen LogP contribution >= 0.6 is 0 Å². The van der Waals surface area contributed by atoms with Gasteiger partial charge in [0.05, 0.1) is 17.6 Å². The number of benzene rings is 1. The summed E-state index contributed by atoms with van der Waals surface area (Å²) in [5, 5.41) is 0. The van der Waals surface area contributed by atoms with Crippen molar-refractivity contribution >= 4 is 51.6 Å². The molecule has 1 radical (unpaired) electrons. The van der Waals surface area contributed by atoms with Crippen molar-refractivity contribution in [2.45, 2.75) is 13.3 Å². The predicted molar refractivity (Wildman–Crippen MR) is 105 cm³/mol. The molecule has 1 aromatic carbocycles. The number of hydrogen-bond donors (Lipinski definition) is 0. The molecule has 2 aromatic heterocycles. The SMILES string of the molecule is COCCCOc1ccnc(-c2nc3ccccc3n2S(C)=O)c1C.[Na]. The van der Waals surface area contributed by atoms with Gasteiger partial charge in [0, 0.05) is 67.7 Å². The molecule has 1 atom stereocenters. The molecule has 0 amide bonds. The van der Waals surface area contributed by atoms with Crippen LogP contribution in [0, 0.1) is 6.92 Å². The zero-order chi connectivity index (χ0) is 17.8. The van der Waals surface area contributed by atoms with Crippen LogP contribution in [0.1, 0.15) is 12.0 Å². The van der Waals surface area contributed by atoms with Crippen LogP contribution in [-0.4, -0.2) is 74.3 Å². The number of ether oxygens (including phenoxy) is 2. The van der Waals surface area contributed by atoms with Crippen molar-refractivity contribution in [3.05, 3.63) is 42.1 Å². The van der Waals surface area contributed by atoms with Crippen molar-refractivity contribution in [3.8, 4) is 17.3 Å². The van der Waals surface area contributed by atoms with Crippen molar-refractivity contribution < 1.29 is 13.7 Å². The monoisotopic (exact) mass is 382 g/mol. The Kier molecular flexibility index (Phi) is 7.79. The number of nitrogens with zero attached hydrogens (tertiary/aromatic N) is 3. The first kappa shape index (κ1) is 21.1. The minimum atomic E-state index is -1.25. The Balaban J connectivity index is 0.00000243. The average molecular weight is 382 g/mol. The molecule has 3 rings (SSSR count). The second-order valence-corrected chi connectivity index (χ2v) is 6.83. The van der Waals surface area contributed by atoms with Gasteiger partial charge in [0.15, 0.2) is 5.82 Å². The fourth-order valence-corrected chi connectivity index (χ4v) is 3.50. The van der Waals surface area contributed by atoms with E-state index in [4.69, 9.17) is 9.47 Å². The third-order valence-electron chi connectivity index (χ3n) is 3.89. The number of hydrogen-bond acceptors (Lipinski definition) is 5. The van der Waals surface area contributed by atoms with Crippen molar-refractivity contribution in [2.75, 3.05) is 26.6 Å². The molecule has 6 nitrogen and oxygen atoms in total. The molecule has 26 heavy (non-hydrogen) atoms. The van der Waals surface area contributed by atoms with Gasteiger partial charge in [0.1, 0.15) is 22.4 Å². The maximum atomic E-state index is 12.3. The molecule has 0 fully saturated rings. The molecule has 133 valence electrons. The van der Waals surface area contributed by atoms with Crippen LogP contribution in [0.2, 0.25) is 0 Å². The zero-order valence-electron chi connectivity index (χ0n) is 15.6. The van der Waals surface area contributed by atoms with Gasteiger partial charge in [-0.2, -0.15) is 0 Å². The van der Waals surface area contributed by atoms with Crippen LogP contribution in [-0.2, 0) is 15.7 Å². The molecule has 0 saturated carbocycles. The molecule has 0 spiro atoms. The minimum absolute atomic E-state index is 0. The molecule has 3 aromatic rings. The van der Waals surface area contributed by atoms with Gasteiger partial charge < -0.3 is 9.47 Å². The molecular weight excluding hydrogens is 361 g/mol. The summed E-state index contributed by atoms with van der Waals surface area (Å²) in [5.74, 6) is 1.34. The largest absolute Gasteiger partial charge is 0.493 e. The molecule has 2 heterocycles. The van der Waals surface area contributed by atoms with Crippen LogP contribution in [0.3, 0.4) is 0 Å².